The van der Waals surface area contributed by atoms with Gasteiger partial charge in [0.05, 0.1) is 15.2 Å². The summed E-state index contributed by atoms with van der Waals surface area (Å²) in [5.41, 5.74) is 2.37. The number of hydrogen-bond acceptors (Lipinski definition) is 5. The van der Waals surface area contributed by atoms with Crippen molar-refractivity contribution in [3.05, 3.63) is 47.2 Å². The summed E-state index contributed by atoms with van der Waals surface area (Å²) in [7, 11) is 0. The van der Waals surface area contributed by atoms with E-state index in [1.165, 1.54) is 28.1 Å². The van der Waals surface area contributed by atoms with Gasteiger partial charge in [0.25, 0.3) is 0 Å². The van der Waals surface area contributed by atoms with Crippen LogP contribution >= 0.6 is 11.3 Å². The van der Waals surface area contributed by atoms with Crippen LogP contribution in [0.1, 0.15) is 36.8 Å². The van der Waals surface area contributed by atoms with Crippen molar-refractivity contribution in [2.24, 2.45) is 5.92 Å². The molecular formula is C20H24N4S. The molecule has 1 aliphatic heterocycles. The summed E-state index contributed by atoms with van der Waals surface area (Å²) < 4.78 is 1.30. The lowest BCUT2D eigenvalue weighted by Crippen LogP contribution is -2.35. The van der Waals surface area contributed by atoms with Crippen LogP contribution in [0.4, 0.5) is 5.95 Å². The van der Waals surface area contributed by atoms with Gasteiger partial charge in [-0.15, -0.1) is 11.3 Å². The molecule has 0 saturated carbocycles. The lowest BCUT2D eigenvalue weighted by molar-refractivity contribution is 0.400. The van der Waals surface area contributed by atoms with Crippen molar-refractivity contribution < 1.29 is 0 Å². The number of para-hydroxylation sites is 1. The summed E-state index contributed by atoms with van der Waals surface area (Å²) in [6.45, 7) is 4.27. The Morgan fingerprint density at radius 2 is 1.88 bits per heavy atom. The van der Waals surface area contributed by atoms with Crippen LogP contribution in [0.25, 0.3) is 10.2 Å². The molecule has 1 fully saturated rings. The third-order valence-electron chi connectivity index (χ3n) is 4.93. The van der Waals surface area contributed by atoms with E-state index in [1.807, 2.05) is 23.7 Å². The van der Waals surface area contributed by atoms with Gasteiger partial charge in [0.15, 0.2) is 0 Å². The van der Waals surface area contributed by atoms with Gasteiger partial charge in [-0.05, 0) is 42.9 Å². The van der Waals surface area contributed by atoms with Crippen molar-refractivity contribution >= 4 is 27.5 Å². The molecule has 1 aliphatic rings. The van der Waals surface area contributed by atoms with Crippen molar-refractivity contribution in [2.45, 2.75) is 39.0 Å². The minimum Gasteiger partial charge on any atom is -0.341 e. The molecule has 0 atom stereocenters. The largest absolute Gasteiger partial charge is 0.341 e. The number of anilines is 1. The van der Waals surface area contributed by atoms with Crippen molar-refractivity contribution in [3.63, 3.8) is 0 Å². The van der Waals surface area contributed by atoms with Crippen LogP contribution in [0.5, 0.6) is 0 Å². The molecule has 4 rings (SSSR count). The molecule has 0 unspecified atom stereocenters. The fourth-order valence-electron chi connectivity index (χ4n) is 3.52. The van der Waals surface area contributed by atoms with Crippen molar-refractivity contribution in [3.8, 4) is 0 Å². The van der Waals surface area contributed by atoms with Gasteiger partial charge < -0.3 is 4.90 Å². The van der Waals surface area contributed by atoms with Gasteiger partial charge in [0, 0.05) is 31.9 Å². The Morgan fingerprint density at radius 3 is 2.60 bits per heavy atom. The smallest absolute Gasteiger partial charge is 0.225 e. The van der Waals surface area contributed by atoms with Crippen LogP contribution in [0.15, 0.2) is 36.7 Å². The molecule has 1 aromatic carbocycles. The second kappa shape index (κ2) is 7.48. The van der Waals surface area contributed by atoms with Gasteiger partial charge in [0.1, 0.15) is 0 Å². The molecule has 0 amide bonds. The van der Waals surface area contributed by atoms with Crippen LogP contribution in [0.2, 0.25) is 0 Å². The van der Waals surface area contributed by atoms with Gasteiger partial charge in [-0.3, -0.25) is 0 Å². The first-order valence-corrected chi connectivity index (χ1v) is 10.0. The predicted molar refractivity (Wildman–Crippen MR) is 104 cm³/mol. The summed E-state index contributed by atoms with van der Waals surface area (Å²) >= 11 is 1.84. The monoisotopic (exact) mass is 352 g/mol. The molecular weight excluding hydrogens is 328 g/mol. The van der Waals surface area contributed by atoms with Gasteiger partial charge in [-0.1, -0.05) is 25.5 Å². The maximum absolute atomic E-state index is 4.79. The molecule has 5 heteroatoms. The summed E-state index contributed by atoms with van der Waals surface area (Å²) in [6.07, 6.45) is 9.65. The van der Waals surface area contributed by atoms with E-state index in [-0.39, 0.29) is 0 Å². The molecule has 3 heterocycles. The lowest BCUT2D eigenvalue weighted by Gasteiger charge is -2.31. The Kier molecular flexibility index (Phi) is 4.92. The first-order chi connectivity index (χ1) is 12.3. The highest BCUT2D eigenvalue weighted by atomic mass is 32.1. The summed E-state index contributed by atoms with van der Waals surface area (Å²) in [5.74, 6) is 1.61. The second-order valence-electron chi connectivity index (χ2n) is 6.85. The molecule has 0 spiro atoms. The maximum atomic E-state index is 4.79. The number of thiazole rings is 1. The topological polar surface area (TPSA) is 41.9 Å². The molecule has 3 aromatic rings. The van der Waals surface area contributed by atoms with Crippen molar-refractivity contribution in [1.82, 2.24) is 15.0 Å². The number of hydrogen-bond donors (Lipinski definition) is 0. The van der Waals surface area contributed by atoms with E-state index >= 15 is 0 Å². The standard InChI is InChI=1S/C20H24N4S/c1-2-5-16-13-21-20(22-14-16)24-10-8-15(9-11-24)12-19-23-17-6-3-4-7-18(17)25-19/h3-4,6-7,13-15H,2,5,8-12H2,1H3. The van der Waals surface area contributed by atoms with Gasteiger partial charge in [0.2, 0.25) is 5.95 Å². The molecule has 2 aromatic heterocycles. The highest BCUT2D eigenvalue weighted by molar-refractivity contribution is 7.18. The molecule has 0 N–H and O–H groups in total. The Bertz CT molecular complexity index is 786. The molecule has 25 heavy (non-hydrogen) atoms. The average molecular weight is 353 g/mol. The normalized spacial score (nSPS) is 15.8. The van der Waals surface area contributed by atoms with E-state index in [0.29, 0.717) is 0 Å². The van der Waals surface area contributed by atoms with E-state index in [2.05, 4.69) is 46.1 Å². The SMILES string of the molecule is CCCc1cnc(N2CCC(Cc3nc4ccccc4s3)CC2)nc1. The van der Waals surface area contributed by atoms with E-state index < -0.39 is 0 Å². The highest BCUT2D eigenvalue weighted by Crippen LogP contribution is 2.28. The number of nitrogens with zero attached hydrogens (tertiary/aromatic N) is 4. The number of fused-ring (bicyclic) bond motifs is 1. The summed E-state index contributed by atoms with van der Waals surface area (Å²) in [4.78, 5) is 16.2. The number of piperidine rings is 1. The molecule has 130 valence electrons. The number of benzene rings is 1. The molecule has 1 saturated heterocycles. The minimum atomic E-state index is 0.719. The zero-order valence-corrected chi connectivity index (χ0v) is 15.5. The molecule has 0 aliphatic carbocycles. The quantitative estimate of drug-likeness (QED) is 0.678. The van der Waals surface area contributed by atoms with Crippen LogP contribution in [-0.4, -0.2) is 28.0 Å². The number of aryl methyl sites for hydroxylation is 1. The third kappa shape index (κ3) is 3.82. The van der Waals surface area contributed by atoms with E-state index in [0.717, 1.165) is 49.7 Å². The van der Waals surface area contributed by atoms with Crippen LogP contribution in [-0.2, 0) is 12.8 Å². The summed E-state index contributed by atoms with van der Waals surface area (Å²) in [5, 5.41) is 1.28. The van der Waals surface area contributed by atoms with Crippen molar-refractivity contribution in [1.29, 1.82) is 0 Å². The lowest BCUT2D eigenvalue weighted by atomic mass is 9.94. The van der Waals surface area contributed by atoms with Crippen molar-refractivity contribution in [2.75, 3.05) is 18.0 Å². The Hall–Kier alpha value is -2.01. The van der Waals surface area contributed by atoms with E-state index in [4.69, 9.17) is 4.98 Å². The Balaban J connectivity index is 1.34. The average Bonchev–Trinajstić information content (AvgIpc) is 3.06. The fourth-order valence-corrected chi connectivity index (χ4v) is 4.60. The first kappa shape index (κ1) is 16.5. The first-order valence-electron chi connectivity index (χ1n) is 9.22. The molecule has 0 radical (unpaired) electrons. The van der Waals surface area contributed by atoms with Gasteiger partial charge in [-0.25, -0.2) is 15.0 Å². The predicted octanol–water partition coefficient (Wildman–Crippen LogP) is 4.50. The van der Waals surface area contributed by atoms with Gasteiger partial charge >= 0.3 is 0 Å². The molecule has 0 bridgehead atoms. The molecule has 4 nitrogen and oxygen atoms in total. The van der Waals surface area contributed by atoms with Crippen LogP contribution in [0.3, 0.4) is 0 Å². The van der Waals surface area contributed by atoms with E-state index in [9.17, 15) is 0 Å². The maximum Gasteiger partial charge on any atom is 0.225 e. The zero-order valence-electron chi connectivity index (χ0n) is 14.7. The Labute approximate surface area is 153 Å². The second-order valence-corrected chi connectivity index (χ2v) is 7.97. The van der Waals surface area contributed by atoms with Crippen LogP contribution < -0.4 is 4.90 Å². The number of rotatable bonds is 5. The fraction of sp³-hybridized carbons (Fsp3) is 0.450. The zero-order chi connectivity index (χ0) is 17.1. The highest BCUT2D eigenvalue weighted by Gasteiger charge is 2.22. The van der Waals surface area contributed by atoms with E-state index in [1.54, 1.807) is 0 Å². The number of aromatic nitrogens is 3. The summed E-state index contributed by atoms with van der Waals surface area (Å²) in [6, 6.07) is 8.43. The van der Waals surface area contributed by atoms with Gasteiger partial charge in [-0.2, -0.15) is 0 Å². The Morgan fingerprint density at radius 1 is 1.12 bits per heavy atom. The third-order valence-corrected chi connectivity index (χ3v) is 5.99. The van der Waals surface area contributed by atoms with Crippen LogP contribution in [0, 0.1) is 5.92 Å². The minimum absolute atomic E-state index is 0.719.